The second-order valence-electron chi connectivity index (χ2n) is 7.96. The molecule has 4 heteroatoms. The molecule has 33 heavy (non-hydrogen) atoms. The summed E-state index contributed by atoms with van der Waals surface area (Å²) in [6.45, 7) is 0.975. The predicted molar refractivity (Wildman–Crippen MR) is 136 cm³/mol. The van der Waals surface area contributed by atoms with Gasteiger partial charge in [0, 0.05) is 0 Å². The molecular formula is C29H24Cl2O2. The standard InChI is InChI=1S/C29H24Cl2O2/c30-17-19-32-23-13-9-21(10-14-23)29(22-11-15-24(16-12-22)33-20-18-31)27-7-3-1-5-25(27)26-6-2-4-8-28(26)29/h1-16H,17-20H2. The Kier molecular flexibility index (Phi) is 6.30. The summed E-state index contributed by atoms with van der Waals surface area (Å²) in [6.07, 6.45) is 0. The molecule has 0 spiro atoms. The van der Waals surface area contributed by atoms with Crippen LogP contribution in [0.1, 0.15) is 22.3 Å². The molecule has 0 radical (unpaired) electrons. The van der Waals surface area contributed by atoms with Crippen LogP contribution in [0.4, 0.5) is 0 Å². The Labute approximate surface area is 204 Å². The summed E-state index contributed by atoms with van der Waals surface area (Å²) in [5.74, 6) is 2.56. The minimum atomic E-state index is -0.441. The molecule has 0 bridgehead atoms. The zero-order valence-electron chi connectivity index (χ0n) is 18.1. The first kappa shape index (κ1) is 21.9. The van der Waals surface area contributed by atoms with E-state index in [4.69, 9.17) is 32.7 Å². The molecule has 5 rings (SSSR count). The van der Waals surface area contributed by atoms with E-state index in [0.717, 1.165) is 11.5 Å². The van der Waals surface area contributed by atoms with Crippen LogP contribution in [-0.4, -0.2) is 25.0 Å². The molecule has 0 N–H and O–H groups in total. The fourth-order valence-corrected chi connectivity index (χ4v) is 5.09. The Morgan fingerprint density at radius 2 is 0.909 bits per heavy atom. The third kappa shape index (κ3) is 3.78. The van der Waals surface area contributed by atoms with Gasteiger partial charge in [0.2, 0.25) is 0 Å². The van der Waals surface area contributed by atoms with Gasteiger partial charge in [0.1, 0.15) is 24.7 Å². The summed E-state index contributed by atoms with van der Waals surface area (Å²) in [5.41, 5.74) is 7.00. The number of alkyl halides is 2. The maximum Gasteiger partial charge on any atom is 0.119 e. The highest BCUT2D eigenvalue weighted by Crippen LogP contribution is 2.56. The van der Waals surface area contributed by atoms with Crippen molar-refractivity contribution in [2.75, 3.05) is 25.0 Å². The quantitative estimate of drug-likeness (QED) is 0.220. The van der Waals surface area contributed by atoms with E-state index in [-0.39, 0.29) is 0 Å². The predicted octanol–water partition coefficient (Wildman–Crippen LogP) is 7.28. The van der Waals surface area contributed by atoms with E-state index < -0.39 is 5.41 Å². The van der Waals surface area contributed by atoms with E-state index in [1.165, 1.54) is 33.4 Å². The van der Waals surface area contributed by atoms with E-state index in [1.807, 2.05) is 24.3 Å². The lowest BCUT2D eigenvalue weighted by Crippen LogP contribution is -2.28. The fourth-order valence-electron chi connectivity index (χ4n) is 4.94. The Balaban J connectivity index is 1.72. The monoisotopic (exact) mass is 474 g/mol. The normalized spacial score (nSPS) is 13.3. The number of hydrogen-bond acceptors (Lipinski definition) is 2. The van der Waals surface area contributed by atoms with Crippen molar-refractivity contribution in [1.82, 2.24) is 0 Å². The van der Waals surface area contributed by atoms with Crippen LogP contribution in [0.5, 0.6) is 11.5 Å². The highest BCUT2D eigenvalue weighted by atomic mass is 35.5. The van der Waals surface area contributed by atoms with Crippen molar-refractivity contribution in [2.45, 2.75) is 5.41 Å². The molecule has 1 aliphatic rings. The van der Waals surface area contributed by atoms with Crippen molar-refractivity contribution in [3.05, 3.63) is 119 Å². The first-order valence-corrected chi connectivity index (χ1v) is 12.1. The molecule has 4 aromatic rings. The minimum absolute atomic E-state index is 0.441. The molecular weight excluding hydrogens is 451 g/mol. The van der Waals surface area contributed by atoms with E-state index in [0.29, 0.717) is 25.0 Å². The smallest absolute Gasteiger partial charge is 0.119 e. The first-order chi connectivity index (χ1) is 16.3. The fraction of sp³-hybridized carbons (Fsp3) is 0.172. The van der Waals surface area contributed by atoms with Crippen LogP contribution in [0.15, 0.2) is 97.1 Å². The molecule has 2 nitrogen and oxygen atoms in total. The van der Waals surface area contributed by atoms with E-state index in [9.17, 15) is 0 Å². The average molecular weight is 475 g/mol. The number of benzene rings is 4. The highest BCUT2D eigenvalue weighted by molar-refractivity contribution is 6.18. The molecule has 166 valence electrons. The van der Waals surface area contributed by atoms with Crippen molar-refractivity contribution < 1.29 is 9.47 Å². The second kappa shape index (κ2) is 9.51. The van der Waals surface area contributed by atoms with Gasteiger partial charge in [0.15, 0.2) is 0 Å². The molecule has 0 fully saturated rings. The topological polar surface area (TPSA) is 18.5 Å². The Hall–Kier alpha value is -2.94. The summed E-state index contributed by atoms with van der Waals surface area (Å²) in [5, 5.41) is 0. The summed E-state index contributed by atoms with van der Waals surface area (Å²) in [6, 6.07) is 34.2. The highest BCUT2D eigenvalue weighted by Gasteiger charge is 2.45. The zero-order valence-corrected chi connectivity index (χ0v) is 19.7. The maximum atomic E-state index is 5.80. The summed E-state index contributed by atoms with van der Waals surface area (Å²) in [7, 11) is 0. The SMILES string of the molecule is ClCCOc1ccc(C2(c3ccc(OCCCl)cc3)c3ccccc3-c3ccccc32)cc1. The molecule has 0 saturated carbocycles. The minimum Gasteiger partial charge on any atom is -0.492 e. The van der Waals surface area contributed by atoms with Crippen LogP contribution < -0.4 is 9.47 Å². The Morgan fingerprint density at radius 1 is 0.515 bits per heavy atom. The molecule has 0 heterocycles. The van der Waals surface area contributed by atoms with E-state index in [2.05, 4.69) is 72.8 Å². The Morgan fingerprint density at radius 3 is 1.30 bits per heavy atom. The van der Waals surface area contributed by atoms with Gasteiger partial charge in [0.05, 0.1) is 17.2 Å². The van der Waals surface area contributed by atoms with Crippen LogP contribution in [0, 0.1) is 0 Å². The van der Waals surface area contributed by atoms with Gasteiger partial charge in [-0.15, -0.1) is 23.2 Å². The number of halogens is 2. The van der Waals surface area contributed by atoms with Crippen LogP contribution in [0.3, 0.4) is 0 Å². The van der Waals surface area contributed by atoms with Gasteiger partial charge in [-0.2, -0.15) is 0 Å². The van der Waals surface area contributed by atoms with Gasteiger partial charge in [-0.3, -0.25) is 0 Å². The second-order valence-corrected chi connectivity index (χ2v) is 8.72. The largest absolute Gasteiger partial charge is 0.492 e. The number of fused-ring (bicyclic) bond motifs is 3. The summed E-state index contributed by atoms with van der Waals surface area (Å²) in [4.78, 5) is 0. The average Bonchev–Trinajstić information content (AvgIpc) is 3.18. The van der Waals surface area contributed by atoms with E-state index in [1.54, 1.807) is 0 Å². The number of hydrogen-bond donors (Lipinski definition) is 0. The lowest BCUT2D eigenvalue weighted by molar-refractivity contribution is 0.342. The molecule has 0 unspecified atom stereocenters. The third-order valence-electron chi connectivity index (χ3n) is 6.22. The van der Waals surface area contributed by atoms with Crippen molar-refractivity contribution in [3.8, 4) is 22.6 Å². The summed E-state index contributed by atoms with van der Waals surface area (Å²) >= 11 is 11.6. The van der Waals surface area contributed by atoms with Gasteiger partial charge in [-0.25, -0.2) is 0 Å². The lowest BCUT2D eigenvalue weighted by Gasteiger charge is -2.34. The lowest BCUT2D eigenvalue weighted by atomic mass is 9.68. The first-order valence-electron chi connectivity index (χ1n) is 11.1. The molecule has 0 saturated heterocycles. The van der Waals surface area contributed by atoms with E-state index >= 15 is 0 Å². The van der Waals surface area contributed by atoms with Crippen molar-refractivity contribution in [2.24, 2.45) is 0 Å². The van der Waals surface area contributed by atoms with Crippen molar-refractivity contribution in [1.29, 1.82) is 0 Å². The van der Waals surface area contributed by atoms with Gasteiger partial charge in [0.25, 0.3) is 0 Å². The van der Waals surface area contributed by atoms with Crippen LogP contribution in [0.2, 0.25) is 0 Å². The maximum absolute atomic E-state index is 5.80. The van der Waals surface area contributed by atoms with Crippen molar-refractivity contribution in [3.63, 3.8) is 0 Å². The zero-order chi connectivity index (χ0) is 22.7. The molecule has 4 aromatic carbocycles. The number of ether oxygens (including phenoxy) is 2. The van der Waals surface area contributed by atoms with Crippen LogP contribution >= 0.6 is 23.2 Å². The van der Waals surface area contributed by atoms with Crippen LogP contribution in [-0.2, 0) is 5.41 Å². The third-order valence-corrected chi connectivity index (χ3v) is 6.53. The molecule has 1 aliphatic carbocycles. The van der Waals surface area contributed by atoms with Gasteiger partial charge >= 0.3 is 0 Å². The van der Waals surface area contributed by atoms with Crippen molar-refractivity contribution >= 4 is 23.2 Å². The van der Waals surface area contributed by atoms with Gasteiger partial charge in [-0.05, 0) is 57.6 Å². The number of rotatable bonds is 8. The Bertz CT molecular complexity index is 1130. The molecule has 0 aliphatic heterocycles. The molecule has 0 aromatic heterocycles. The van der Waals surface area contributed by atoms with Gasteiger partial charge < -0.3 is 9.47 Å². The van der Waals surface area contributed by atoms with Gasteiger partial charge in [-0.1, -0.05) is 72.8 Å². The molecule has 0 amide bonds. The van der Waals surface area contributed by atoms with Crippen LogP contribution in [0.25, 0.3) is 11.1 Å². The molecule has 0 atom stereocenters. The summed E-state index contributed by atoms with van der Waals surface area (Å²) < 4.78 is 11.5.